The fraction of sp³-hybridized carbons (Fsp3) is 0.500. The van der Waals surface area contributed by atoms with E-state index in [1.54, 1.807) is 37.9 Å². The first-order valence-corrected chi connectivity index (χ1v) is 7.23. The molecule has 5 heteroatoms. The van der Waals surface area contributed by atoms with E-state index in [1.165, 1.54) is 5.56 Å². The summed E-state index contributed by atoms with van der Waals surface area (Å²) in [7, 11) is 5.25. The van der Waals surface area contributed by atoms with E-state index in [2.05, 4.69) is 17.4 Å². The molecule has 0 atom stereocenters. The van der Waals surface area contributed by atoms with Crippen LogP contribution in [0.4, 0.5) is 0 Å². The molecule has 1 amide bonds. The number of amides is 1. The van der Waals surface area contributed by atoms with Crippen molar-refractivity contribution in [2.45, 2.75) is 11.4 Å². The second-order valence-corrected chi connectivity index (χ2v) is 5.44. The number of carbonyl (C=O) groups is 1. The molecule has 0 aromatic heterocycles. The number of ether oxygens (including phenoxy) is 1. The lowest BCUT2D eigenvalue weighted by Gasteiger charge is -2.10. The van der Waals surface area contributed by atoms with Gasteiger partial charge in [-0.2, -0.15) is 0 Å². The summed E-state index contributed by atoms with van der Waals surface area (Å²) in [5.74, 6) is 0.613. The lowest BCUT2D eigenvalue weighted by Crippen LogP contribution is -2.23. The zero-order valence-electron chi connectivity index (χ0n) is 11.8. The van der Waals surface area contributed by atoms with E-state index in [9.17, 15) is 4.79 Å². The van der Waals surface area contributed by atoms with Crippen LogP contribution in [-0.4, -0.2) is 50.9 Å². The Morgan fingerprint density at radius 1 is 1.42 bits per heavy atom. The van der Waals surface area contributed by atoms with Crippen molar-refractivity contribution in [3.63, 3.8) is 0 Å². The van der Waals surface area contributed by atoms with Crippen molar-refractivity contribution < 1.29 is 9.53 Å². The van der Waals surface area contributed by atoms with Crippen LogP contribution in [0.5, 0.6) is 0 Å². The monoisotopic (exact) mass is 282 g/mol. The first-order chi connectivity index (χ1) is 9.13. The van der Waals surface area contributed by atoms with Gasteiger partial charge < -0.3 is 15.0 Å². The Labute approximate surface area is 119 Å². The second kappa shape index (κ2) is 8.96. The molecule has 0 saturated carbocycles. The molecule has 4 nitrogen and oxygen atoms in total. The van der Waals surface area contributed by atoms with Crippen molar-refractivity contribution in [3.05, 3.63) is 29.8 Å². The van der Waals surface area contributed by atoms with Crippen LogP contribution in [0, 0.1) is 0 Å². The van der Waals surface area contributed by atoms with Crippen LogP contribution >= 0.6 is 11.8 Å². The number of benzene rings is 1. The van der Waals surface area contributed by atoms with Crippen molar-refractivity contribution in [2.75, 3.05) is 40.1 Å². The summed E-state index contributed by atoms with van der Waals surface area (Å²) in [5, 5.41) is 3.30. The molecule has 0 radical (unpaired) electrons. The van der Waals surface area contributed by atoms with E-state index in [0.29, 0.717) is 12.4 Å². The number of hydrogen-bond acceptors (Lipinski definition) is 4. The highest BCUT2D eigenvalue weighted by Crippen LogP contribution is 2.19. The van der Waals surface area contributed by atoms with Gasteiger partial charge in [-0.25, -0.2) is 0 Å². The average Bonchev–Trinajstić information content (AvgIpc) is 2.41. The van der Waals surface area contributed by atoms with Crippen LogP contribution in [0.2, 0.25) is 0 Å². The summed E-state index contributed by atoms with van der Waals surface area (Å²) in [5.41, 5.74) is 1.22. The molecule has 19 heavy (non-hydrogen) atoms. The molecule has 0 saturated heterocycles. The van der Waals surface area contributed by atoms with Crippen LogP contribution < -0.4 is 5.32 Å². The summed E-state index contributed by atoms with van der Waals surface area (Å²) < 4.78 is 4.98. The van der Waals surface area contributed by atoms with Gasteiger partial charge in [0.2, 0.25) is 5.91 Å². The molecular formula is C14H22N2O2S. The van der Waals surface area contributed by atoms with Gasteiger partial charge in [0.15, 0.2) is 0 Å². The van der Waals surface area contributed by atoms with E-state index in [4.69, 9.17) is 4.74 Å². The van der Waals surface area contributed by atoms with Crippen LogP contribution in [0.1, 0.15) is 5.56 Å². The molecule has 106 valence electrons. The van der Waals surface area contributed by atoms with Gasteiger partial charge in [-0.15, -0.1) is 11.8 Å². The number of nitrogens with zero attached hydrogens (tertiary/aromatic N) is 1. The molecule has 0 heterocycles. The van der Waals surface area contributed by atoms with Gasteiger partial charge in [-0.1, -0.05) is 12.1 Å². The number of nitrogens with one attached hydrogen (secondary N) is 1. The Bertz CT molecular complexity index is 397. The first-order valence-electron chi connectivity index (χ1n) is 6.25. The van der Waals surface area contributed by atoms with Crippen molar-refractivity contribution in [3.8, 4) is 0 Å². The summed E-state index contributed by atoms with van der Waals surface area (Å²) in [4.78, 5) is 14.3. The summed E-state index contributed by atoms with van der Waals surface area (Å²) in [6, 6.07) is 8.26. The van der Waals surface area contributed by atoms with Gasteiger partial charge in [-0.3, -0.25) is 4.79 Å². The number of rotatable bonds is 8. The first kappa shape index (κ1) is 16.0. The highest BCUT2D eigenvalue weighted by Gasteiger charge is 2.05. The van der Waals surface area contributed by atoms with Crippen LogP contribution in [0.25, 0.3) is 0 Å². The largest absolute Gasteiger partial charge is 0.383 e. The molecule has 1 N–H and O–H groups in total. The third-order valence-electron chi connectivity index (χ3n) is 2.57. The maximum Gasteiger partial charge on any atom is 0.232 e. The number of carbonyl (C=O) groups excluding carboxylic acids is 1. The molecule has 0 spiro atoms. The molecule has 0 aliphatic rings. The van der Waals surface area contributed by atoms with Gasteiger partial charge in [0, 0.05) is 39.2 Å². The minimum atomic E-state index is 0.133. The molecule has 1 rings (SSSR count). The van der Waals surface area contributed by atoms with E-state index < -0.39 is 0 Å². The normalized spacial score (nSPS) is 10.5. The Kier molecular flexibility index (Phi) is 7.55. The minimum absolute atomic E-state index is 0.133. The maximum atomic E-state index is 11.5. The Hall–Kier alpha value is -1.04. The van der Waals surface area contributed by atoms with Crippen molar-refractivity contribution in [1.82, 2.24) is 10.2 Å². The topological polar surface area (TPSA) is 41.6 Å². The third-order valence-corrected chi connectivity index (χ3v) is 3.55. The average molecular weight is 282 g/mol. The van der Waals surface area contributed by atoms with Crippen LogP contribution in [0.3, 0.4) is 0 Å². The smallest absolute Gasteiger partial charge is 0.232 e. The highest BCUT2D eigenvalue weighted by atomic mass is 32.2. The zero-order valence-corrected chi connectivity index (χ0v) is 12.6. The number of methoxy groups -OCH3 is 1. The van der Waals surface area contributed by atoms with E-state index in [1.807, 2.05) is 12.1 Å². The van der Waals surface area contributed by atoms with Crippen molar-refractivity contribution >= 4 is 17.7 Å². The Morgan fingerprint density at radius 2 is 2.21 bits per heavy atom. The lowest BCUT2D eigenvalue weighted by atomic mass is 10.2. The minimum Gasteiger partial charge on any atom is -0.383 e. The van der Waals surface area contributed by atoms with E-state index >= 15 is 0 Å². The summed E-state index contributed by atoms with van der Waals surface area (Å²) in [6.45, 7) is 2.37. The lowest BCUT2D eigenvalue weighted by molar-refractivity contribution is -0.125. The predicted molar refractivity (Wildman–Crippen MR) is 79.4 cm³/mol. The molecule has 1 aromatic rings. The summed E-state index contributed by atoms with van der Waals surface area (Å²) in [6.07, 6.45) is 0. The van der Waals surface area contributed by atoms with Crippen LogP contribution in [-0.2, 0) is 16.1 Å². The zero-order chi connectivity index (χ0) is 14.1. The SMILES string of the molecule is COCCNCc1cccc(SCC(=O)N(C)C)c1. The number of thioether (sulfide) groups is 1. The summed E-state index contributed by atoms with van der Waals surface area (Å²) >= 11 is 1.57. The standard InChI is InChI=1S/C14H22N2O2S/c1-16(2)14(17)11-19-13-6-4-5-12(9-13)10-15-7-8-18-3/h4-6,9,15H,7-8,10-11H2,1-3H3. The second-order valence-electron chi connectivity index (χ2n) is 4.39. The van der Waals surface area contributed by atoms with Crippen molar-refractivity contribution in [2.24, 2.45) is 0 Å². The molecule has 0 unspecified atom stereocenters. The molecule has 0 aliphatic carbocycles. The molecular weight excluding hydrogens is 260 g/mol. The molecule has 1 aromatic carbocycles. The van der Waals surface area contributed by atoms with Gasteiger partial charge >= 0.3 is 0 Å². The van der Waals surface area contributed by atoms with Crippen LogP contribution in [0.15, 0.2) is 29.2 Å². The molecule has 0 fully saturated rings. The predicted octanol–water partition coefficient (Wildman–Crippen LogP) is 1.60. The molecule has 0 aliphatic heterocycles. The van der Waals surface area contributed by atoms with Crippen molar-refractivity contribution in [1.29, 1.82) is 0 Å². The highest BCUT2D eigenvalue weighted by molar-refractivity contribution is 8.00. The third kappa shape index (κ3) is 6.61. The quantitative estimate of drug-likeness (QED) is 0.581. The van der Waals surface area contributed by atoms with Gasteiger partial charge in [-0.05, 0) is 17.7 Å². The van der Waals surface area contributed by atoms with Gasteiger partial charge in [0.1, 0.15) is 0 Å². The Morgan fingerprint density at radius 3 is 2.89 bits per heavy atom. The van der Waals surface area contributed by atoms with E-state index in [0.717, 1.165) is 18.0 Å². The maximum absolute atomic E-state index is 11.5. The van der Waals surface area contributed by atoms with Gasteiger partial charge in [0.05, 0.1) is 12.4 Å². The molecule has 0 bridgehead atoms. The fourth-order valence-electron chi connectivity index (χ4n) is 1.43. The van der Waals surface area contributed by atoms with E-state index in [-0.39, 0.29) is 5.91 Å². The van der Waals surface area contributed by atoms with Gasteiger partial charge in [0.25, 0.3) is 0 Å². The number of hydrogen-bond donors (Lipinski definition) is 1. The fourth-order valence-corrected chi connectivity index (χ4v) is 2.38. The Balaban J connectivity index is 2.41.